The summed E-state index contributed by atoms with van der Waals surface area (Å²) in [4.78, 5) is 4.37. The molecule has 0 aromatic rings. The summed E-state index contributed by atoms with van der Waals surface area (Å²) in [5, 5.41) is 0. The SMILES string of the molecule is CC=C(N(CCN)CCN)N(CCN)CCN. The molecule has 0 aromatic heterocycles. The van der Waals surface area contributed by atoms with Gasteiger partial charge in [-0.05, 0) is 13.0 Å². The van der Waals surface area contributed by atoms with Crippen LogP contribution >= 0.6 is 0 Å². The van der Waals surface area contributed by atoms with Crippen molar-refractivity contribution in [3.8, 4) is 0 Å². The van der Waals surface area contributed by atoms with Crippen molar-refractivity contribution in [1.82, 2.24) is 9.80 Å². The van der Waals surface area contributed by atoms with Crippen molar-refractivity contribution >= 4 is 0 Å². The lowest BCUT2D eigenvalue weighted by molar-refractivity contribution is 0.221. The monoisotopic (exact) mass is 244 g/mol. The first-order valence-corrected chi connectivity index (χ1v) is 6.21. The first kappa shape index (κ1) is 16.2. The van der Waals surface area contributed by atoms with Crippen LogP contribution in [-0.2, 0) is 0 Å². The molecular formula is C11H28N6. The van der Waals surface area contributed by atoms with Gasteiger partial charge in [-0.3, -0.25) is 0 Å². The van der Waals surface area contributed by atoms with Gasteiger partial charge in [-0.25, -0.2) is 0 Å². The van der Waals surface area contributed by atoms with Gasteiger partial charge in [-0.2, -0.15) is 0 Å². The Hall–Kier alpha value is -0.820. The van der Waals surface area contributed by atoms with Crippen LogP contribution in [0.25, 0.3) is 0 Å². The van der Waals surface area contributed by atoms with Crippen molar-refractivity contribution in [2.45, 2.75) is 6.92 Å². The molecule has 0 rings (SSSR count). The molecule has 0 amide bonds. The zero-order valence-corrected chi connectivity index (χ0v) is 10.9. The molecule has 8 N–H and O–H groups in total. The highest BCUT2D eigenvalue weighted by Crippen LogP contribution is 2.09. The Balaban J connectivity index is 4.70. The van der Waals surface area contributed by atoms with Crippen molar-refractivity contribution in [3.63, 3.8) is 0 Å². The van der Waals surface area contributed by atoms with Gasteiger partial charge in [0.15, 0.2) is 0 Å². The average Bonchev–Trinajstić information content (AvgIpc) is 2.31. The minimum atomic E-state index is 0.608. The van der Waals surface area contributed by atoms with Gasteiger partial charge in [0.2, 0.25) is 0 Å². The van der Waals surface area contributed by atoms with Crippen LogP contribution < -0.4 is 22.9 Å². The summed E-state index contributed by atoms with van der Waals surface area (Å²) < 4.78 is 0. The number of nitrogens with zero attached hydrogens (tertiary/aromatic N) is 2. The van der Waals surface area contributed by atoms with E-state index in [1.807, 2.05) is 6.92 Å². The quantitative estimate of drug-likeness (QED) is 0.364. The standard InChI is InChI=1S/C11H28N6/c1-2-11(16(7-3-12)8-4-13)17(9-5-14)10-6-15/h2H,3-10,12-15H2,1H3. The molecule has 0 atom stereocenters. The molecular weight excluding hydrogens is 216 g/mol. The summed E-state index contributed by atoms with van der Waals surface area (Å²) in [5.74, 6) is 1.12. The summed E-state index contributed by atoms with van der Waals surface area (Å²) in [7, 11) is 0. The second-order valence-electron chi connectivity index (χ2n) is 3.78. The van der Waals surface area contributed by atoms with Crippen LogP contribution in [0.4, 0.5) is 0 Å². The van der Waals surface area contributed by atoms with Crippen LogP contribution in [0.1, 0.15) is 6.92 Å². The van der Waals surface area contributed by atoms with E-state index in [2.05, 4.69) is 15.9 Å². The largest absolute Gasteiger partial charge is 0.356 e. The third-order valence-electron chi connectivity index (χ3n) is 2.50. The maximum Gasteiger partial charge on any atom is 0.0996 e. The molecule has 0 aliphatic rings. The Labute approximate surface area is 105 Å². The fraction of sp³-hybridized carbons (Fsp3) is 0.818. The van der Waals surface area contributed by atoms with E-state index in [9.17, 15) is 0 Å². The lowest BCUT2D eigenvalue weighted by Crippen LogP contribution is -2.43. The van der Waals surface area contributed by atoms with Gasteiger partial charge in [-0.15, -0.1) is 0 Å². The molecule has 0 saturated heterocycles. The molecule has 0 heterocycles. The molecule has 17 heavy (non-hydrogen) atoms. The molecule has 0 aliphatic heterocycles. The first-order chi connectivity index (χ1) is 8.24. The third kappa shape index (κ3) is 5.88. The number of hydrogen-bond acceptors (Lipinski definition) is 6. The fourth-order valence-electron chi connectivity index (χ4n) is 1.87. The zero-order valence-electron chi connectivity index (χ0n) is 10.9. The second kappa shape index (κ2) is 10.3. The van der Waals surface area contributed by atoms with Crippen LogP contribution in [0.5, 0.6) is 0 Å². The minimum absolute atomic E-state index is 0.608. The lowest BCUT2D eigenvalue weighted by atomic mass is 10.3. The number of allylic oxidation sites excluding steroid dienone is 1. The highest BCUT2D eigenvalue weighted by molar-refractivity contribution is 5.00. The van der Waals surface area contributed by atoms with Crippen LogP contribution in [0, 0.1) is 0 Å². The van der Waals surface area contributed by atoms with Crippen molar-refractivity contribution in [3.05, 3.63) is 11.9 Å². The van der Waals surface area contributed by atoms with E-state index in [-0.39, 0.29) is 0 Å². The second-order valence-corrected chi connectivity index (χ2v) is 3.78. The highest BCUT2D eigenvalue weighted by atomic mass is 15.3. The van der Waals surface area contributed by atoms with E-state index in [1.54, 1.807) is 0 Å². The van der Waals surface area contributed by atoms with Gasteiger partial charge in [0.25, 0.3) is 0 Å². The Morgan fingerprint density at radius 3 is 1.24 bits per heavy atom. The number of hydrogen-bond donors (Lipinski definition) is 4. The van der Waals surface area contributed by atoms with E-state index in [0.29, 0.717) is 26.2 Å². The van der Waals surface area contributed by atoms with Crippen molar-refractivity contribution in [1.29, 1.82) is 0 Å². The molecule has 0 aromatic carbocycles. The third-order valence-corrected chi connectivity index (χ3v) is 2.50. The van der Waals surface area contributed by atoms with Gasteiger partial charge in [0.1, 0.15) is 0 Å². The summed E-state index contributed by atoms with van der Waals surface area (Å²) in [6, 6.07) is 0. The topological polar surface area (TPSA) is 111 Å². The summed E-state index contributed by atoms with van der Waals surface area (Å²) >= 11 is 0. The first-order valence-electron chi connectivity index (χ1n) is 6.21. The Morgan fingerprint density at radius 1 is 0.765 bits per heavy atom. The summed E-state index contributed by atoms with van der Waals surface area (Å²) in [6.07, 6.45) is 2.07. The van der Waals surface area contributed by atoms with Gasteiger partial charge >= 0.3 is 0 Å². The Bertz CT molecular complexity index is 176. The molecule has 0 saturated carbocycles. The number of nitrogens with two attached hydrogens (primary N) is 4. The van der Waals surface area contributed by atoms with Crippen LogP contribution in [0.3, 0.4) is 0 Å². The van der Waals surface area contributed by atoms with Crippen molar-refractivity contribution < 1.29 is 0 Å². The molecule has 0 bridgehead atoms. The average molecular weight is 244 g/mol. The predicted molar refractivity (Wildman–Crippen MR) is 73.1 cm³/mol. The minimum Gasteiger partial charge on any atom is -0.356 e. The van der Waals surface area contributed by atoms with Crippen LogP contribution in [0.15, 0.2) is 11.9 Å². The van der Waals surface area contributed by atoms with Gasteiger partial charge in [-0.1, -0.05) is 0 Å². The smallest absolute Gasteiger partial charge is 0.0996 e. The number of rotatable bonds is 10. The maximum atomic E-state index is 5.62. The predicted octanol–water partition coefficient (Wildman–Crippen LogP) is -1.71. The molecule has 0 radical (unpaired) electrons. The van der Waals surface area contributed by atoms with Crippen molar-refractivity contribution in [2.24, 2.45) is 22.9 Å². The van der Waals surface area contributed by atoms with Gasteiger partial charge in [0.05, 0.1) is 5.82 Å². The molecule has 6 heteroatoms. The fourth-order valence-corrected chi connectivity index (χ4v) is 1.87. The molecule has 0 fully saturated rings. The highest BCUT2D eigenvalue weighted by Gasteiger charge is 2.13. The van der Waals surface area contributed by atoms with Gasteiger partial charge in [0, 0.05) is 52.4 Å². The van der Waals surface area contributed by atoms with E-state index in [0.717, 1.165) is 32.0 Å². The van der Waals surface area contributed by atoms with Gasteiger partial charge < -0.3 is 32.7 Å². The normalized spacial score (nSPS) is 10.2. The molecule has 102 valence electrons. The van der Waals surface area contributed by atoms with Crippen LogP contribution in [0.2, 0.25) is 0 Å². The Morgan fingerprint density at radius 2 is 1.06 bits per heavy atom. The molecule has 6 nitrogen and oxygen atoms in total. The summed E-state index contributed by atoms with van der Waals surface area (Å²) in [5.41, 5.74) is 22.5. The van der Waals surface area contributed by atoms with E-state index in [4.69, 9.17) is 22.9 Å². The van der Waals surface area contributed by atoms with E-state index < -0.39 is 0 Å². The van der Waals surface area contributed by atoms with Crippen LogP contribution in [-0.4, -0.2) is 62.2 Å². The van der Waals surface area contributed by atoms with Crippen molar-refractivity contribution in [2.75, 3.05) is 52.4 Å². The zero-order chi connectivity index (χ0) is 13.1. The molecule has 0 unspecified atom stereocenters. The molecule has 0 spiro atoms. The molecule has 0 aliphatic carbocycles. The summed E-state index contributed by atoms with van der Waals surface area (Å²) in [6.45, 7) is 7.62. The Kier molecular flexibility index (Phi) is 9.84. The van der Waals surface area contributed by atoms with E-state index in [1.165, 1.54) is 0 Å². The maximum absolute atomic E-state index is 5.62. The lowest BCUT2D eigenvalue weighted by Gasteiger charge is -2.35. The van der Waals surface area contributed by atoms with E-state index >= 15 is 0 Å².